The van der Waals surface area contributed by atoms with Crippen LogP contribution in [0.5, 0.6) is 0 Å². The highest BCUT2D eigenvalue weighted by atomic mass is 16.3. The van der Waals surface area contributed by atoms with E-state index in [-0.39, 0.29) is 6.61 Å². The van der Waals surface area contributed by atoms with E-state index in [1.165, 1.54) is 0 Å². The molecule has 3 rings (SSSR count). The van der Waals surface area contributed by atoms with Gasteiger partial charge in [-0.25, -0.2) is 0 Å². The van der Waals surface area contributed by atoms with Crippen LogP contribution in [-0.4, -0.2) is 17.8 Å². The molecule has 1 aliphatic carbocycles. The Morgan fingerprint density at radius 1 is 1.10 bits per heavy atom. The molecule has 0 bridgehead atoms. The number of nitrogens with one attached hydrogen (secondary N) is 1. The van der Waals surface area contributed by atoms with E-state index in [1.807, 2.05) is 42.5 Å². The fourth-order valence-electron chi connectivity index (χ4n) is 2.52. The molecule has 2 aromatic rings. The molecule has 2 atom stereocenters. The highest BCUT2D eigenvalue weighted by Crippen LogP contribution is 2.22. The van der Waals surface area contributed by atoms with Gasteiger partial charge in [-0.1, -0.05) is 42.5 Å². The Morgan fingerprint density at radius 3 is 2.70 bits per heavy atom. The summed E-state index contributed by atoms with van der Waals surface area (Å²) in [5.41, 5.74) is 1.10. The first-order valence-corrected chi connectivity index (χ1v) is 7.02. The minimum absolute atomic E-state index is 0.230. The summed E-state index contributed by atoms with van der Waals surface area (Å²) in [6, 6.07) is 14.5. The molecule has 0 saturated heterocycles. The first-order chi connectivity index (χ1) is 9.85. The zero-order valence-corrected chi connectivity index (χ0v) is 11.3. The van der Waals surface area contributed by atoms with E-state index in [2.05, 4.69) is 17.5 Å². The number of benzene rings is 1. The van der Waals surface area contributed by atoms with Gasteiger partial charge in [0.2, 0.25) is 0 Å². The summed E-state index contributed by atoms with van der Waals surface area (Å²) in [5.74, 6) is 2.13. The van der Waals surface area contributed by atoms with Gasteiger partial charge in [-0.2, -0.15) is 0 Å². The molecule has 0 spiro atoms. The Kier molecular flexibility index (Phi) is 4.00. The Hall–Kier alpha value is -1.84. The van der Waals surface area contributed by atoms with Crippen LogP contribution in [-0.2, 0) is 6.54 Å². The topological polar surface area (TPSA) is 45.4 Å². The van der Waals surface area contributed by atoms with Crippen molar-refractivity contribution in [2.75, 3.05) is 6.61 Å². The Bertz CT molecular complexity index is 574. The summed E-state index contributed by atoms with van der Waals surface area (Å²) in [7, 11) is 0. The van der Waals surface area contributed by atoms with Crippen molar-refractivity contribution in [1.82, 2.24) is 5.32 Å². The van der Waals surface area contributed by atoms with Gasteiger partial charge in [-0.05, 0) is 18.6 Å². The summed E-state index contributed by atoms with van der Waals surface area (Å²) in [6.45, 7) is 0.938. The Balaban J connectivity index is 1.57. The van der Waals surface area contributed by atoms with Gasteiger partial charge < -0.3 is 14.8 Å². The molecule has 3 nitrogen and oxygen atoms in total. The van der Waals surface area contributed by atoms with Crippen LogP contribution in [0.15, 0.2) is 59.0 Å². The van der Waals surface area contributed by atoms with Gasteiger partial charge in [0, 0.05) is 24.1 Å². The molecule has 20 heavy (non-hydrogen) atoms. The second-order valence-electron chi connectivity index (χ2n) is 5.18. The van der Waals surface area contributed by atoms with Crippen molar-refractivity contribution in [1.29, 1.82) is 0 Å². The third-order valence-corrected chi connectivity index (χ3v) is 3.67. The number of hydrogen-bond donors (Lipinski definition) is 2. The quantitative estimate of drug-likeness (QED) is 0.820. The lowest BCUT2D eigenvalue weighted by atomic mass is 10.1. The maximum Gasteiger partial charge on any atom is 0.134 e. The monoisotopic (exact) mass is 269 g/mol. The average molecular weight is 269 g/mol. The average Bonchev–Trinajstić information content (AvgIpc) is 3.15. The van der Waals surface area contributed by atoms with Crippen molar-refractivity contribution in [2.24, 2.45) is 5.92 Å². The van der Waals surface area contributed by atoms with Gasteiger partial charge in [0.15, 0.2) is 0 Å². The van der Waals surface area contributed by atoms with Crippen molar-refractivity contribution in [3.8, 4) is 11.3 Å². The second kappa shape index (κ2) is 6.07. The highest BCUT2D eigenvalue weighted by molar-refractivity contribution is 5.57. The third kappa shape index (κ3) is 3.00. The number of aliphatic hydroxyl groups is 1. The minimum Gasteiger partial charge on any atom is -0.460 e. The normalized spacial score (nSPS) is 21.4. The molecule has 3 heteroatoms. The van der Waals surface area contributed by atoms with Crippen molar-refractivity contribution >= 4 is 0 Å². The smallest absolute Gasteiger partial charge is 0.134 e. The molecule has 1 aromatic heterocycles. The molecule has 0 unspecified atom stereocenters. The number of aliphatic hydroxyl groups excluding tert-OH is 1. The second-order valence-corrected chi connectivity index (χ2v) is 5.18. The lowest BCUT2D eigenvalue weighted by molar-refractivity contribution is 0.246. The van der Waals surface area contributed by atoms with Crippen LogP contribution in [0.1, 0.15) is 12.2 Å². The van der Waals surface area contributed by atoms with Crippen LogP contribution in [0.3, 0.4) is 0 Å². The number of rotatable bonds is 5. The molecule has 1 heterocycles. The van der Waals surface area contributed by atoms with Crippen molar-refractivity contribution in [3.05, 3.63) is 60.4 Å². The number of furan rings is 1. The standard InChI is InChI=1S/C17H19NO2/c19-12-13-6-7-15(10-13)18-11-16-8-9-17(20-16)14-4-2-1-3-5-14/h1-9,13,15,18-19H,10-12H2/t13-,15+/m0/s1. The zero-order chi connectivity index (χ0) is 13.8. The maximum absolute atomic E-state index is 9.10. The summed E-state index contributed by atoms with van der Waals surface area (Å²) >= 11 is 0. The van der Waals surface area contributed by atoms with Crippen molar-refractivity contribution < 1.29 is 9.52 Å². The first-order valence-electron chi connectivity index (χ1n) is 7.02. The predicted octanol–water partition coefficient (Wildman–Crippen LogP) is 2.97. The molecule has 1 aliphatic rings. The van der Waals surface area contributed by atoms with E-state index < -0.39 is 0 Å². The molecule has 0 fully saturated rings. The summed E-state index contributed by atoms with van der Waals surface area (Å²) in [6.07, 6.45) is 5.17. The fourth-order valence-corrected chi connectivity index (χ4v) is 2.52. The zero-order valence-electron chi connectivity index (χ0n) is 11.3. The maximum atomic E-state index is 9.10. The van der Waals surface area contributed by atoms with Gasteiger partial charge in [-0.3, -0.25) is 0 Å². The van der Waals surface area contributed by atoms with E-state index in [0.29, 0.717) is 18.5 Å². The molecule has 1 aromatic carbocycles. The first kappa shape index (κ1) is 13.2. The van der Waals surface area contributed by atoms with Crippen LogP contribution in [0.25, 0.3) is 11.3 Å². The highest BCUT2D eigenvalue weighted by Gasteiger charge is 2.17. The van der Waals surface area contributed by atoms with Gasteiger partial charge in [0.1, 0.15) is 11.5 Å². The largest absolute Gasteiger partial charge is 0.460 e. The third-order valence-electron chi connectivity index (χ3n) is 3.67. The van der Waals surface area contributed by atoms with Gasteiger partial charge >= 0.3 is 0 Å². The van der Waals surface area contributed by atoms with Gasteiger partial charge in [-0.15, -0.1) is 0 Å². The van der Waals surface area contributed by atoms with E-state index in [4.69, 9.17) is 9.52 Å². The predicted molar refractivity (Wildman–Crippen MR) is 79.1 cm³/mol. The SMILES string of the molecule is OC[C@H]1C=C[C@@H](NCc2ccc(-c3ccccc3)o2)C1. The van der Waals surface area contributed by atoms with Crippen LogP contribution in [0, 0.1) is 5.92 Å². The van der Waals surface area contributed by atoms with Crippen molar-refractivity contribution in [2.45, 2.75) is 19.0 Å². The van der Waals surface area contributed by atoms with E-state index in [0.717, 1.165) is 23.5 Å². The fraction of sp³-hybridized carbons (Fsp3) is 0.294. The van der Waals surface area contributed by atoms with Gasteiger partial charge in [0.05, 0.1) is 6.54 Å². The van der Waals surface area contributed by atoms with E-state index >= 15 is 0 Å². The summed E-state index contributed by atoms with van der Waals surface area (Å²) < 4.78 is 5.85. The van der Waals surface area contributed by atoms with E-state index in [1.54, 1.807) is 0 Å². The van der Waals surface area contributed by atoms with E-state index in [9.17, 15) is 0 Å². The Labute approximate surface area is 118 Å². The summed E-state index contributed by atoms with van der Waals surface area (Å²) in [5, 5.41) is 12.5. The van der Waals surface area contributed by atoms with Crippen LogP contribution in [0.2, 0.25) is 0 Å². The van der Waals surface area contributed by atoms with Crippen LogP contribution in [0.4, 0.5) is 0 Å². The van der Waals surface area contributed by atoms with Crippen LogP contribution < -0.4 is 5.32 Å². The molecular formula is C17H19NO2. The Morgan fingerprint density at radius 2 is 1.95 bits per heavy atom. The minimum atomic E-state index is 0.230. The van der Waals surface area contributed by atoms with Crippen molar-refractivity contribution in [3.63, 3.8) is 0 Å². The molecule has 0 aliphatic heterocycles. The number of hydrogen-bond acceptors (Lipinski definition) is 3. The van der Waals surface area contributed by atoms with Crippen LogP contribution >= 0.6 is 0 Å². The summed E-state index contributed by atoms with van der Waals surface area (Å²) in [4.78, 5) is 0. The molecule has 0 saturated carbocycles. The molecule has 104 valence electrons. The molecular weight excluding hydrogens is 250 g/mol. The lowest BCUT2D eigenvalue weighted by Crippen LogP contribution is -2.25. The molecule has 2 N–H and O–H groups in total. The molecule has 0 amide bonds. The van der Waals surface area contributed by atoms with Gasteiger partial charge in [0.25, 0.3) is 0 Å². The lowest BCUT2D eigenvalue weighted by Gasteiger charge is -2.11. The molecule has 0 radical (unpaired) electrons.